The molecule has 0 saturated carbocycles. The summed E-state index contributed by atoms with van der Waals surface area (Å²) in [6.45, 7) is 2.35. The van der Waals surface area contributed by atoms with Crippen LogP contribution in [-0.4, -0.2) is 4.98 Å². The Kier molecular flexibility index (Phi) is 4.70. The molecule has 1 aromatic carbocycles. The number of aromatic nitrogens is 1. The number of para-hydroxylation sites is 1. The Hall–Kier alpha value is -2.38. The van der Waals surface area contributed by atoms with Crippen molar-refractivity contribution < 1.29 is 4.74 Å². The Morgan fingerprint density at radius 2 is 2.10 bits per heavy atom. The summed E-state index contributed by atoms with van der Waals surface area (Å²) in [6, 6.07) is 13.4. The molecule has 2 rings (SSSR count). The molecule has 0 aliphatic heterocycles. The van der Waals surface area contributed by atoms with Crippen LogP contribution in [0.1, 0.15) is 36.2 Å². The van der Waals surface area contributed by atoms with Gasteiger partial charge in [0.05, 0.1) is 0 Å². The van der Waals surface area contributed by atoms with Gasteiger partial charge in [-0.1, -0.05) is 31.2 Å². The lowest BCUT2D eigenvalue weighted by molar-refractivity contribution is 0.300. The normalized spacial score (nSPS) is 11.7. The summed E-state index contributed by atoms with van der Waals surface area (Å²) in [5, 5.41) is 9.01. The molecule has 4 nitrogen and oxygen atoms in total. The van der Waals surface area contributed by atoms with E-state index in [1.807, 2.05) is 37.3 Å². The summed E-state index contributed by atoms with van der Waals surface area (Å²) in [5.74, 6) is 0.759. The maximum absolute atomic E-state index is 9.01. The average molecular weight is 267 g/mol. The van der Waals surface area contributed by atoms with Crippen LogP contribution in [0.2, 0.25) is 0 Å². The molecule has 0 aliphatic rings. The molecule has 0 radical (unpaired) electrons. The second-order valence-electron chi connectivity index (χ2n) is 4.46. The van der Waals surface area contributed by atoms with Crippen molar-refractivity contribution in [3.63, 3.8) is 0 Å². The van der Waals surface area contributed by atoms with Crippen molar-refractivity contribution in [2.24, 2.45) is 5.73 Å². The van der Waals surface area contributed by atoms with Crippen LogP contribution in [0.5, 0.6) is 5.75 Å². The van der Waals surface area contributed by atoms with E-state index in [9.17, 15) is 0 Å². The molecule has 1 aromatic heterocycles. The molecule has 0 unspecified atom stereocenters. The summed E-state index contributed by atoms with van der Waals surface area (Å²) < 4.78 is 5.82. The molecule has 4 heteroatoms. The molecule has 0 bridgehead atoms. The maximum atomic E-state index is 9.01. The van der Waals surface area contributed by atoms with E-state index in [0.29, 0.717) is 12.3 Å². The lowest BCUT2D eigenvalue weighted by Crippen LogP contribution is -2.11. The van der Waals surface area contributed by atoms with Gasteiger partial charge in [0.2, 0.25) is 0 Å². The molecule has 0 saturated heterocycles. The highest BCUT2D eigenvalue weighted by atomic mass is 16.5. The van der Waals surface area contributed by atoms with Gasteiger partial charge >= 0.3 is 0 Å². The van der Waals surface area contributed by atoms with Crippen LogP contribution in [0.4, 0.5) is 0 Å². The predicted molar refractivity (Wildman–Crippen MR) is 76.9 cm³/mol. The van der Waals surface area contributed by atoms with Crippen molar-refractivity contribution in [2.45, 2.75) is 26.0 Å². The van der Waals surface area contributed by atoms with E-state index in [-0.39, 0.29) is 6.04 Å². The fourth-order valence-electron chi connectivity index (χ4n) is 1.95. The molecule has 20 heavy (non-hydrogen) atoms. The van der Waals surface area contributed by atoms with Gasteiger partial charge in [0.1, 0.15) is 24.1 Å². The minimum absolute atomic E-state index is 0.0458. The van der Waals surface area contributed by atoms with Gasteiger partial charge in [0.25, 0.3) is 0 Å². The zero-order chi connectivity index (χ0) is 14.4. The third-order valence-electron chi connectivity index (χ3n) is 3.14. The molecule has 102 valence electrons. The largest absolute Gasteiger partial charge is 0.488 e. The Bertz CT molecular complexity index is 619. The number of hydrogen-bond acceptors (Lipinski definition) is 4. The third kappa shape index (κ3) is 3.14. The van der Waals surface area contributed by atoms with Crippen LogP contribution in [0, 0.1) is 11.3 Å². The van der Waals surface area contributed by atoms with Gasteiger partial charge in [-0.15, -0.1) is 0 Å². The highest BCUT2D eigenvalue weighted by Gasteiger charge is 2.11. The standard InChI is InChI=1S/C16H17N3O/c1-2-14(18)13-7-3-4-8-16(13)20-11-12-6-5-9-19-15(12)10-17/h3-9,14H,2,11,18H2,1H3/t14-/m1/s1. The van der Waals surface area contributed by atoms with Gasteiger partial charge in [-0.05, 0) is 18.6 Å². The van der Waals surface area contributed by atoms with Crippen LogP contribution in [0.3, 0.4) is 0 Å². The number of nitrogens with two attached hydrogens (primary N) is 1. The van der Waals surface area contributed by atoms with Gasteiger partial charge in [0.15, 0.2) is 0 Å². The van der Waals surface area contributed by atoms with E-state index in [1.165, 1.54) is 0 Å². The monoisotopic (exact) mass is 267 g/mol. The Morgan fingerprint density at radius 1 is 1.30 bits per heavy atom. The minimum atomic E-state index is -0.0458. The number of hydrogen-bond donors (Lipinski definition) is 1. The Morgan fingerprint density at radius 3 is 2.85 bits per heavy atom. The first-order chi connectivity index (χ1) is 9.76. The van der Waals surface area contributed by atoms with Gasteiger partial charge < -0.3 is 10.5 Å². The molecule has 1 heterocycles. The first-order valence-electron chi connectivity index (χ1n) is 6.57. The fourth-order valence-corrected chi connectivity index (χ4v) is 1.95. The second-order valence-corrected chi connectivity index (χ2v) is 4.46. The molecule has 1 atom stereocenters. The van der Waals surface area contributed by atoms with Crippen molar-refractivity contribution in [3.8, 4) is 11.8 Å². The Balaban J connectivity index is 2.17. The van der Waals surface area contributed by atoms with Gasteiger partial charge in [-0.2, -0.15) is 5.26 Å². The molecular weight excluding hydrogens is 250 g/mol. The molecule has 0 amide bonds. The lowest BCUT2D eigenvalue weighted by Gasteiger charge is -2.15. The maximum Gasteiger partial charge on any atom is 0.147 e. The number of nitrogens with zero attached hydrogens (tertiary/aromatic N) is 2. The zero-order valence-electron chi connectivity index (χ0n) is 11.4. The van der Waals surface area contributed by atoms with E-state index in [1.54, 1.807) is 12.3 Å². The quantitative estimate of drug-likeness (QED) is 0.904. The van der Waals surface area contributed by atoms with E-state index < -0.39 is 0 Å². The molecular formula is C16H17N3O. The van der Waals surface area contributed by atoms with Gasteiger partial charge in [0, 0.05) is 23.4 Å². The highest BCUT2D eigenvalue weighted by molar-refractivity contribution is 5.36. The smallest absolute Gasteiger partial charge is 0.147 e. The topological polar surface area (TPSA) is 71.9 Å². The number of rotatable bonds is 5. The molecule has 0 aliphatic carbocycles. The van der Waals surface area contributed by atoms with Crippen molar-refractivity contribution in [3.05, 3.63) is 59.4 Å². The Labute approximate surface area is 118 Å². The van der Waals surface area contributed by atoms with Gasteiger partial charge in [-0.25, -0.2) is 4.98 Å². The average Bonchev–Trinajstić information content (AvgIpc) is 2.52. The highest BCUT2D eigenvalue weighted by Crippen LogP contribution is 2.26. The molecule has 0 spiro atoms. The zero-order valence-corrected chi connectivity index (χ0v) is 11.4. The first kappa shape index (κ1) is 14.0. The van der Waals surface area contributed by atoms with Crippen molar-refractivity contribution in [1.29, 1.82) is 5.26 Å². The summed E-state index contributed by atoms with van der Waals surface area (Å²) >= 11 is 0. The van der Waals surface area contributed by atoms with Crippen LogP contribution < -0.4 is 10.5 Å². The SMILES string of the molecule is CC[C@@H](N)c1ccccc1OCc1cccnc1C#N. The molecule has 0 fully saturated rings. The van der Waals surface area contributed by atoms with Crippen molar-refractivity contribution in [2.75, 3.05) is 0 Å². The van der Waals surface area contributed by atoms with E-state index in [2.05, 4.69) is 11.1 Å². The first-order valence-corrected chi connectivity index (χ1v) is 6.57. The van der Waals surface area contributed by atoms with E-state index >= 15 is 0 Å². The summed E-state index contributed by atoms with van der Waals surface area (Å²) in [7, 11) is 0. The van der Waals surface area contributed by atoms with Crippen molar-refractivity contribution >= 4 is 0 Å². The fraction of sp³-hybridized carbons (Fsp3) is 0.250. The summed E-state index contributed by atoms with van der Waals surface area (Å²) in [4.78, 5) is 4.02. The number of ether oxygens (including phenoxy) is 1. The molecule has 2 N–H and O–H groups in total. The summed E-state index contributed by atoms with van der Waals surface area (Å²) in [6.07, 6.45) is 2.44. The van der Waals surface area contributed by atoms with E-state index in [4.69, 9.17) is 15.7 Å². The number of nitriles is 1. The number of benzene rings is 1. The second kappa shape index (κ2) is 6.69. The lowest BCUT2D eigenvalue weighted by atomic mass is 10.0. The van der Waals surface area contributed by atoms with E-state index in [0.717, 1.165) is 23.3 Å². The van der Waals surface area contributed by atoms with Crippen molar-refractivity contribution in [1.82, 2.24) is 4.98 Å². The summed E-state index contributed by atoms with van der Waals surface area (Å²) in [5.41, 5.74) is 8.23. The minimum Gasteiger partial charge on any atom is -0.488 e. The third-order valence-corrected chi connectivity index (χ3v) is 3.14. The number of pyridine rings is 1. The van der Waals surface area contributed by atoms with Gasteiger partial charge in [-0.3, -0.25) is 0 Å². The van der Waals surface area contributed by atoms with Crippen LogP contribution in [0.25, 0.3) is 0 Å². The predicted octanol–water partition coefficient (Wildman–Crippen LogP) is 2.94. The molecule has 2 aromatic rings. The van der Waals surface area contributed by atoms with Crippen LogP contribution in [0.15, 0.2) is 42.6 Å². The van der Waals surface area contributed by atoms with Crippen LogP contribution in [-0.2, 0) is 6.61 Å². The van der Waals surface area contributed by atoms with Crippen LogP contribution >= 0.6 is 0 Å².